The molecular formula is C13H14N2O6. The van der Waals surface area contributed by atoms with Crippen LogP contribution in [0.15, 0.2) is 24.3 Å². The molecule has 1 rings (SSSR count). The van der Waals surface area contributed by atoms with Gasteiger partial charge in [0, 0.05) is 19.2 Å². The Bertz CT molecular complexity index is 596. The molecule has 0 saturated heterocycles. The van der Waals surface area contributed by atoms with Crippen LogP contribution >= 0.6 is 0 Å². The van der Waals surface area contributed by atoms with Gasteiger partial charge in [-0.25, -0.2) is 4.79 Å². The van der Waals surface area contributed by atoms with E-state index in [2.05, 4.69) is 5.32 Å². The molecule has 21 heavy (non-hydrogen) atoms. The summed E-state index contributed by atoms with van der Waals surface area (Å²) in [5.74, 6) is -1.69. The van der Waals surface area contributed by atoms with Gasteiger partial charge >= 0.3 is 11.7 Å². The molecule has 0 aliphatic carbocycles. The van der Waals surface area contributed by atoms with E-state index in [-0.39, 0.29) is 11.4 Å². The Morgan fingerprint density at radius 2 is 2.14 bits per heavy atom. The number of rotatable bonds is 6. The normalized spacial score (nSPS) is 11.9. The van der Waals surface area contributed by atoms with E-state index in [1.165, 1.54) is 38.2 Å². The van der Waals surface area contributed by atoms with Crippen LogP contribution in [0.1, 0.15) is 12.5 Å². The number of carboxylic acids is 1. The molecule has 1 aromatic carbocycles. The van der Waals surface area contributed by atoms with Gasteiger partial charge in [0.1, 0.15) is 0 Å². The first-order valence-electron chi connectivity index (χ1n) is 5.93. The van der Waals surface area contributed by atoms with Crippen LogP contribution in [0.3, 0.4) is 0 Å². The predicted molar refractivity (Wildman–Crippen MR) is 73.9 cm³/mol. The largest absolute Gasteiger partial charge is 0.478 e. The number of nitro benzene ring substituents is 1. The van der Waals surface area contributed by atoms with Crippen molar-refractivity contribution < 1.29 is 24.4 Å². The van der Waals surface area contributed by atoms with Crippen molar-refractivity contribution in [3.05, 3.63) is 40.0 Å². The van der Waals surface area contributed by atoms with Crippen LogP contribution in [-0.2, 0) is 9.59 Å². The van der Waals surface area contributed by atoms with Gasteiger partial charge in [-0.05, 0) is 30.7 Å². The van der Waals surface area contributed by atoms with Gasteiger partial charge in [-0.15, -0.1) is 0 Å². The molecule has 1 aromatic rings. The van der Waals surface area contributed by atoms with Crippen molar-refractivity contribution in [1.82, 2.24) is 5.32 Å². The molecule has 1 atom stereocenters. The molecule has 0 spiro atoms. The Hall–Kier alpha value is -2.90. The third-order valence-electron chi connectivity index (χ3n) is 2.52. The second-order valence-electron chi connectivity index (χ2n) is 4.03. The Morgan fingerprint density at radius 1 is 1.48 bits per heavy atom. The maximum absolute atomic E-state index is 11.4. The second kappa shape index (κ2) is 7.04. The first kappa shape index (κ1) is 16.2. The minimum Gasteiger partial charge on any atom is -0.478 e. The molecule has 0 saturated carbocycles. The third-order valence-corrected chi connectivity index (χ3v) is 2.52. The van der Waals surface area contributed by atoms with E-state index in [1.54, 1.807) is 0 Å². The predicted octanol–water partition coefficient (Wildman–Crippen LogP) is 1.21. The average Bonchev–Trinajstić information content (AvgIpc) is 2.43. The Labute approximate surface area is 120 Å². The molecule has 1 unspecified atom stereocenters. The fourth-order valence-electron chi connectivity index (χ4n) is 1.49. The number of likely N-dealkylation sites (N-methyl/N-ethyl adjacent to an activating group) is 1. The smallest absolute Gasteiger partial charge is 0.328 e. The van der Waals surface area contributed by atoms with Gasteiger partial charge in [0.2, 0.25) is 0 Å². The lowest BCUT2D eigenvalue weighted by Crippen LogP contribution is -2.33. The van der Waals surface area contributed by atoms with Crippen LogP contribution in [0, 0.1) is 10.1 Å². The van der Waals surface area contributed by atoms with E-state index < -0.39 is 22.9 Å². The average molecular weight is 294 g/mol. The van der Waals surface area contributed by atoms with Gasteiger partial charge in [0.15, 0.2) is 11.9 Å². The van der Waals surface area contributed by atoms with Crippen molar-refractivity contribution >= 4 is 23.6 Å². The molecule has 1 amide bonds. The number of carbonyl (C=O) groups is 2. The number of hydrogen-bond donors (Lipinski definition) is 2. The third kappa shape index (κ3) is 4.60. The molecule has 0 radical (unpaired) electrons. The fraction of sp³-hybridized carbons (Fsp3) is 0.231. The first-order valence-corrected chi connectivity index (χ1v) is 5.93. The Morgan fingerprint density at radius 3 is 2.67 bits per heavy atom. The highest BCUT2D eigenvalue weighted by molar-refractivity contribution is 5.85. The number of benzene rings is 1. The Kier molecular flexibility index (Phi) is 5.41. The highest BCUT2D eigenvalue weighted by Gasteiger charge is 2.20. The molecule has 2 N–H and O–H groups in total. The summed E-state index contributed by atoms with van der Waals surface area (Å²) in [7, 11) is 1.42. The summed E-state index contributed by atoms with van der Waals surface area (Å²) in [5.41, 5.74) is 0.0975. The topological polar surface area (TPSA) is 119 Å². The number of nitrogens with zero attached hydrogens (tertiary/aromatic N) is 1. The maximum Gasteiger partial charge on any atom is 0.328 e. The van der Waals surface area contributed by atoms with Crippen LogP contribution in [-0.4, -0.2) is 35.1 Å². The number of nitrogens with one attached hydrogen (secondary N) is 1. The SMILES string of the molecule is CNC(=O)C(C)Oc1cc(C=CC(=O)O)ccc1[N+](=O)[O-]. The summed E-state index contributed by atoms with van der Waals surface area (Å²) in [6.45, 7) is 1.45. The van der Waals surface area contributed by atoms with Gasteiger partial charge in [-0.1, -0.05) is 0 Å². The Balaban J connectivity index is 3.12. The van der Waals surface area contributed by atoms with E-state index in [9.17, 15) is 19.7 Å². The van der Waals surface area contributed by atoms with Crippen molar-refractivity contribution in [3.8, 4) is 5.75 Å². The zero-order valence-electron chi connectivity index (χ0n) is 11.4. The van der Waals surface area contributed by atoms with Crippen molar-refractivity contribution in [2.45, 2.75) is 13.0 Å². The molecule has 0 bridgehead atoms. The first-order chi connectivity index (χ1) is 9.85. The maximum atomic E-state index is 11.4. The number of aliphatic carboxylic acids is 1. The van der Waals surface area contributed by atoms with Gasteiger partial charge in [0.25, 0.3) is 5.91 Å². The van der Waals surface area contributed by atoms with Crippen molar-refractivity contribution in [3.63, 3.8) is 0 Å². The minimum atomic E-state index is -1.14. The summed E-state index contributed by atoms with van der Waals surface area (Å²) in [6, 6.07) is 3.87. The fourth-order valence-corrected chi connectivity index (χ4v) is 1.49. The molecule has 0 aromatic heterocycles. The van der Waals surface area contributed by atoms with Gasteiger partial charge in [-0.2, -0.15) is 0 Å². The van der Waals surface area contributed by atoms with E-state index in [0.29, 0.717) is 5.56 Å². The van der Waals surface area contributed by atoms with Crippen molar-refractivity contribution in [2.75, 3.05) is 7.05 Å². The van der Waals surface area contributed by atoms with Crippen molar-refractivity contribution in [1.29, 1.82) is 0 Å². The molecular weight excluding hydrogens is 280 g/mol. The monoisotopic (exact) mass is 294 g/mol. The number of nitro groups is 1. The van der Waals surface area contributed by atoms with Crippen LogP contribution in [0.2, 0.25) is 0 Å². The van der Waals surface area contributed by atoms with Gasteiger partial charge < -0.3 is 15.2 Å². The van der Waals surface area contributed by atoms with Crippen LogP contribution < -0.4 is 10.1 Å². The lowest BCUT2D eigenvalue weighted by molar-refractivity contribution is -0.386. The quantitative estimate of drug-likeness (QED) is 0.462. The molecule has 0 heterocycles. The highest BCUT2D eigenvalue weighted by Crippen LogP contribution is 2.29. The van der Waals surface area contributed by atoms with Crippen LogP contribution in [0.25, 0.3) is 6.08 Å². The lowest BCUT2D eigenvalue weighted by atomic mass is 10.1. The van der Waals surface area contributed by atoms with E-state index >= 15 is 0 Å². The van der Waals surface area contributed by atoms with E-state index in [1.807, 2.05) is 0 Å². The zero-order chi connectivity index (χ0) is 16.0. The summed E-state index contributed by atoms with van der Waals surface area (Å²) in [5, 5.41) is 21.9. The summed E-state index contributed by atoms with van der Waals surface area (Å²) in [4.78, 5) is 32.1. The zero-order valence-corrected chi connectivity index (χ0v) is 11.4. The molecule has 0 aliphatic rings. The van der Waals surface area contributed by atoms with Crippen LogP contribution in [0.4, 0.5) is 5.69 Å². The van der Waals surface area contributed by atoms with E-state index in [4.69, 9.17) is 9.84 Å². The summed E-state index contributed by atoms with van der Waals surface area (Å²) >= 11 is 0. The highest BCUT2D eigenvalue weighted by atomic mass is 16.6. The molecule has 112 valence electrons. The van der Waals surface area contributed by atoms with Crippen LogP contribution in [0.5, 0.6) is 5.75 Å². The molecule has 8 nitrogen and oxygen atoms in total. The van der Waals surface area contributed by atoms with Crippen molar-refractivity contribution in [2.24, 2.45) is 0 Å². The summed E-state index contributed by atoms with van der Waals surface area (Å²) in [6.07, 6.45) is 1.24. The lowest BCUT2D eigenvalue weighted by Gasteiger charge is -2.13. The number of ether oxygens (including phenoxy) is 1. The van der Waals surface area contributed by atoms with Gasteiger partial charge in [0.05, 0.1) is 4.92 Å². The minimum absolute atomic E-state index is 0.108. The number of carboxylic acid groups (broad SMARTS) is 1. The number of carbonyl (C=O) groups excluding carboxylic acids is 1. The molecule has 8 heteroatoms. The molecule has 0 aliphatic heterocycles. The standard InChI is InChI=1S/C13H14N2O6/c1-8(13(18)14-2)21-11-7-9(4-6-12(16)17)3-5-10(11)15(19)20/h3-8H,1-2H3,(H,14,18)(H,16,17). The van der Waals surface area contributed by atoms with E-state index in [0.717, 1.165) is 6.08 Å². The molecule has 0 fully saturated rings. The number of hydrogen-bond acceptors (Lipinski definition) is 5. The second-order valence-corrected chi connectivity index (χ2v) is 4.03. The number of amides is 1. The van der Waals surface area contributed by atoms with Gasteiger partial charge in [-0.3, -0.25) is 14.9 Å². The summed E-state index contributed by atoms with van der Waals surface area (Å²) < 4.78 is 5.27.